The van der Waals surface area contributed by atoms with Gasteiger partial charge in [-0.05, 0) is 12.8 Å². The number of aromatic nitrogens is 4. The molecule has 0 unspecified atom stereocenters. The van der Waals surface area contributed by atoms with Crippen LogP contribution in [0.3, 0.4) is 0 Å². The van der Waals surface area contributed by atoms with E-state index in [-0.39, 0.29) is 0 Å². The summed E-state index contributed by atoms with van der Waals surface area (Å²) in [6.07, 6.45) is 5.43. The lowest BCUT2D eigenvalue weighted by molar-refractivity contribution is 0.295. The van der Waals surface area contributed by atoms with Crippen LogP contribution < -0.4 is 10.5 Å². The lowest BCUT2D eigenvalue weighted by Gasteiger charge is -2.03. The smallest absolute Gasteiger partial charge is 0.298 e. The van der Waals surface area contributed by atoms with E-state index >= 15 is 0 Å². The number of hydrogen-bond acceptors (Lipinski definition) is 4. The van der Waals surface area contributed by atoms with E-state index in [2.05, 4.69) is 15.0 Å². The minimum atomic E-state index is 0.611. The van der Waals surface area contributed by atoms with Gasteiger partial charge in [-0.1, -0.05) is 0 Å². The molecule has 0 atom stereocenters. The molecule has 1 aliphatic heterocycles. The Morgan fingerprint density at radius 2 is 2.38 bits per heavy atom. The number of fused-ring (bicyclic) bond motifs is 1. The first kappa shape index (κ1) is 9.26. The third kappa shape index (κ3) is 1.34. The maximum Gasteiger partial charge on any atom is 0.298 e. The SMILES string of the molecule is Nc1c(-c2cnc[nH]2)nc2n1CCCCO2. The van der Waals surface area contributed by atoms with Gasteiger partial charge in [0.1, 0.15) is 11.5 Å². The summed E-state index contributed by atoms with van der Waals surface area (Å²) in [5.74, 6) is 0.640. The Kier molecular flexibility index (Phi) is 2.05. The van der Waals surface area contributed by atoms with Crippen LogP contribution in [0, 0.1) is 0 Å². The van der Waals surface area contributed by atoms with E-state index in [1.165, 1.54) is 0 Å². The maximum atomic E-state index is 6.06. The first-order valence-electron chi connectivity index (χ1n) is 5.34. The Morgan fingerprint density at radius 3 is 3.19 bits per heavy atom. The number of nitrogens with two attached hydrogens (primary N) is 1. The van der Waals surface area contributed by atoms with Gasteiger partial charge < -0.3 is 15.5 Å². The molecule has 0 aromatic carbocycles. The van der Waals surface area contributed by atoms with Gasteiger partial charge in [-0.25, -0.2) is 4.98 Å². The molecule has 6 heteroatoms. The number of hydrogen-bond donors (Lipinski definition) is 2. The zero-order valence-corrected chi connectivity index (χ0v) is 8.81. The molecule has 3 N–H and O–H groups in total. The zero-order chi connectivity index (χ0) is 11.0. The van der Waals surface area contributed by atoms with E-state index < -0.39 is 0 Å². The van der Waals surface area contributed by atoms with Crippen molar-refractivity contribution < 1.29 is 4.74 Å². The standard InChI is InChI=1S/C10H13N5O/c11-9-8(7-5-12-6-13-7)14-10-15(9)3-1-2-4-16-10/h5-6H,1-4,11H2,(H,12,13). The fraction of sp³-hybridized carbons (Fsp3) is 0.400. The predicted octanol–water partition coefficient (Wildman–Crippen LogP) is 1.03. The molecule has 0 saturated carbocycles. The summed E-state index contributed by atoms with van der Waals surface area (Å²) < 4.78 is 7.47. The molecule has 0 amide bonds. The second-order valence-electron chi connectivity index (χ2n) is 3.80. The maximum absolute atomic E-state index is 6.06. The summed E-state index contributed by atoms with van der Waals surface area (Å²) in [6.45, 7) is 1.57. The Bertz CT molecular complexity index is 488. The number of nitrogens with one attached hydrogen (secondary N) is 1. The zero-order valence-electron chi connectivity index (χ0n) is 8.81. The first-order chi connectivity index (χ1) is 7.86. The second-order valence-corrected chi connectivity index (χ2v) is 3.80. The topological polar surface area (TPSA) is 81.8 Å². The monoisotopic (exact) mass is 219 g/mol. The van der Waals surface area contributed by atoms with Gasteiger partial charge in [0.15, 0.2) is 0 Å². The van der Waals surface area contributed by atoms with E-state index in [0.717, 1.165) is 30.8 Å². The largest absolute Gasteiger partial charge is 0.465 e. The van der Waals surface area contributed by atoms with E-state index in [4.69, 9.17) is 10.5 Å². The van der Waals surface area contributed by atoms with Crippen LogP contribution in [0.15, 0.2) is 12.5 Å². The third-order valence-electron chi connectivity index (χ3n) is 2.73. The van der Waals surface area contributed by atoms with Crippen LogP contribution in [-0.2, 0) is 6.54 Å². The molecule has 0 fully saturated rings. The van der Waals surface area contributed by atoms with Gasteiger partial charge in [-0.3, -0.25) is 4.57 Å². The van der Waals surface area contributed by atoms with Crippen molar-refractivity contribution in [3.8, 4) is 17.4 Å². The third-order valence-corrected chi connectivity index (χ3v) is 2.73. The van der Waals surface area contributed by atoms with Gasteiger partial charge in [0, 0.05) is 6.54 Å². The van der Waals surface area contributed by atoms with Crippen molar-refractivity contribution in [1.82, 2.24) is 19.5 Å². The molecule has 0 bridgehead atoms. The summed E-state index contributed by atoms with van der Waals surface area (Å²) in [4.78, 5) is 11.4. The van der Waals surface area contributed by atoms with Crippen molar-refractivity contribution in [2.75, 3.05) is 12.3 Å². The second kappa shape index (κ2) is 3.55. The predicted molar refractivity (Wildman–Crippen MR) is 59.0 cm³/mol. The number of nitrogens with zero attached hydrogens (tertiary/aromatic N) is 3. The fourth-order valence-corrected chi connectivity index (χ4v) is 1.89. The number of anilines is 1. The molecule has 0 spiro atoms. The molecule has 0 saturated heterocycles. The Hall–Kier alpha value is -1.98. The minimum Gasteiger partial charge on any atom is -0.465 e. The van der Waals surface area contributed by atoms with Crippen molar-refractivity contribution in [3.05, 3.63) is 12.5 Å². The van der Waals surface area contributed by atoms with Crippen LogP contribution in [0.25, 0.3) is 11.4 Å². The minimum absolute atomic E-state index is 0.611. The van der Waals surface area contributed by atoms with E-state index in [1.54, 1.807) is 12.5 Å². The molecule has 0 aliphatic carbocycles. The number of imidazole rings is 2. The highest BCUT2D eigenvalue weighted by molar-refractivity contribution is 5.68. The molecule has 16 heavy (non-hydrogen) atoms. The first-order valence-corrected chi connectivity index (χ1v) is 5.34. The molecule has 84 valence electrons. The average molecular weight is 219 g/mol. The van der Waals surface area contributed by atoms with Crippen LogP contribution >= 0.6 is 0 Å². The van der Waals surface area contributed by atoms with Crippen molar-refractivity contribution in [3.63, 3.8) is 0 Å². The van der Waals surface area contributed by atoms with E-state index in [9.17, 15) is 0 Å². The summed E-state index contributed by atoms with van der Waals surface area (Å²) in [5.41, 5.74) is 7.60. The highest BCUT2D eigenvalue weighted by atomic mass is 16.5. The lowest BCUT2D eigenvalue weighted by atomic mass is 10.3. The number of ether oxygens (including phenoxy) is 1. The average Bonchev–Trinajstić information content (AvgIpc) is 2.83. The van der Waals surface area contributed by atoms with Crippen molar-refractivity contribution in [2.45, 2.75) is 19.4 Å². The number of H-pyrrole nitrogens is 1. The van der Waals surface area contributed by atoms with Gasteiger partial charge in [0.25, 0.3) is 6.01 Å². The van der Waals surface area contributed by atoms with E-state index in [0.29, 0.717) is 18.4 Å². The van der Waals surface area contributed by atoms with Gasteiger partial charge in [-0.15, -0.1) is 0 Å². The highest BCUT2D eigenvalue weighted by Crippen LogP contribution is 2.29. The van der Waals surface area contributed by atoms with Crippen LogP contribution in [0.5, 0.6) is 6.01 Å². The van der Waals surface area contributed by atoms with Crippen LogP contribution in [0.2, 0.25) is 0 Å². The molecule has 0 radical (unpaired) electrons. The van der Waals surface area contributed by atoms with Crippen LogP contribution in [0.1, 0.15) is 12.8 Å². The molecule has 2 aromatic heterocycles. The van der Waals surface area contributed by atoms with Gasteiger partial charge in [0.2, 0.25) is 0 Å². The number of aromatic amines is 1. The molecule has 1 aliphatic rings. The Balaban J connectivity index is 2.08. The summed E-state index contributed by atoms with van der Waals surface area (Å²) in [7, 11) is 0. The summed E-state index contributed by atoms with van der Waals surface area (Å²) in [5, 5.41) is 0. The van der Waals surface area contributed by atoms with Crippen molar-refractivity contribution >= 4 is 5.82 Å². The highest BCUT2D eigenvalue weighted by Gasteiger charge is 2.19. The van der Waals surface area contributed by atoms with Crippen LogP contribution in [-0.4, -0.2) is 26.1 Å². The summed E-state index contributed by atoms with van der Waals surface area (Å²) in [6, 6.07) is 0.611. The lowest BCUT2D eigenvalue weighted by Crippen LogP contribution is -2.03. The fourth-order valence-electron chi connectivity index (χ4n) is 1.89. The molecule has 2 aromatic rings. The Morgan fingerprint density at radius 1 is 1.44 bits per heavy atom. The molecule has 3 heterocycles. The molecular formula is C10H13N5O. The quantitative estimate of drug-likeness (QED) is 0.750. The van der Waals surface area contributed by atoms with Crippen LogP contribution in [0.4, 0.5) is 5.82 Å². The van der Waals surface area contributed by atoms with Crippen molar-refractivity contribution in [2.24, 2.45) is 0 Å². The molecular weight excluding hydrogens is 206 g/mol. The Labute approximate surface area is 92.5 Å². The molecule has 3 rings (SSSR count). The van der Waals surface area contributed by atoms with Gasteiger partial charge in [0.05, 0.1) is 24.8 Å². The molecule has 6 nitrogen and oxygen atoms in total. The normalized spacial score (nSPS) is 15.2. The number of rotatable bonds is 1. The van der Waals surface area contributed by atoms with Gasteiger partial charge >= 0.3 is 0 Å². The van der Waals surface area contributed by atoms with Crippen molar-refractivity contribution in [1.29, 1.82) is 0 Å². The number of nitrogen functional groups attached to an aromatic ring is 1. The van der Waals surface area contributed by atoms with Gasteiger partial charge in [-0.2, -0.15) is 4.98 Å². The summed E-state index contributed by atoms with van der Waals surface area (Å²) >= 11 is 0. The van der Waals surface area contributed by atoms with E-state index in [1.807, 2.05) is 4.57 Å².